The molecule has 0 amide bonds. The quantitative estimate of drug-likeness (QED) is 0.818. The van der Waals surface area contributed by atoms with Crippen molar-refractivity contribution in [3.05, 3.63) is 0 Å². The fourth-order valence-electron chi connectivity index (χ4n) is 4.46. The van der Waals surface area contributed by atoms with Crippen LogP contribution in [0.15, 0.2) is 0 Å². The Kier molecular flexibility index (Phi) is 2.79. The topological polar surface area (TPSA) is 26.0 Å². The first-order chi connectivity index (χ1) is 7.51. The highest BCUT2D eigenvalue weighted by Gasteiger charge is 2.48. The minimum Gasteiger partial charge on any atom is -0.325 e. The van der Waals surface area contributed by atoms with Crippen molar-refractivity contribution in [1.29, 1.82) is 0 Å². The Morgan fingerprint density at radius 3 is 1.94 bits per heavy atom. The van der Waals surface area contributed by atoms with E-state index in [-0.39, 0.29) is 5.54 Å². The SMILES string of the molecule is CC(C)(N)CSC1C2CC3CC(C2)CC1C3. The predicted molar refractivity (Wildman–Crippen MR) is 71.6 cm³/mol. The van der Waals surface area contributed by atoms with Crippen molar-refractivity contribution in [3.63, 3.8) is 0 Å². The monoisotopic (exact) mass is 239 g/mol. The van der Waals surface area contributed by atoms with E-state index >= 15 is 0 Å². The zero-order valence-corrected chi connectivity index (χ0v) is 11.4. The van der Waals surface area contributed by atoms with Gasteiger partial charge in [0.25, 0.3) is 0 Å². The molecule has 0 aromatic rings. The van der Waals surface area contributed by atoms with E-state index in [0.717, 1.165) is 34.7 Å². The summed E-state index contributed by atoms with van der Waals surface area (Å²) in [5, 5.41) is 0.954. The van der Waals surface area contributed by atoms with Crippen LogP contribution in [0.2, 0.25) is 0 Å². The summed E-state index contributed by atoms with van der Waals surface area (Å²) in [5.74, 6) is 5.43. The summed E-state index contributed by atoms with van der Waals surface area (Å²) < 4.78 is 0. The highest BCUT2D eigenvalue weighted by atomic mass is 32.2. The van der Waals surface area contributed by atoms with Gasteiger partial charge in [-0.3, -0.25) is 0 Å². The summed E-state index contributed by atoms with van der Waals surface area (Å²) in [6.07, 6.45) is 7.71. The lowest BCUT2D eigenvalue weighted by Gasteiger charge is -2.54. The fourth-order valence-corrected chi connectivity index (χ4v) is 6.07. The molecule has 92 valence electrons. The Balaban J connectivity index is 1.64. The lowest BCUT2D eigenvalue weighted by atomic mass is 9.56. The first-order valence-corrected chi connectivity index (χ1v) is 7.96. The smallest absolute Gasteiger partial charge is 0.0188 e. The summed E-state index contributed by atoms with van der Waals surface area (Å²) in [5.41, 5.74) is 6.13. The molecular formula is C14H25NS. The van der Waals surface area contributed by atoms with E-state index < -0.39 is 0 Å². The van der Waals surface area contributed by atoms with Gasteiger partial charge in [-0.1, -0.05) is 0 Å². The van der Waals surface area contributed by atoms with Crippen molar-refractivity contribution >= 4 is 11.8 Å². The molecule has 4 saturated carbocycles. The van der Waals surface area contributed by atoms with Gasteiger partial charge in [0, 0.05) is 16.5 Å². The van der Waals surface area contributed by atoms with Crippen molar-refractivity contribution < 1.29 is 0 Å². The van der Waals surface area contributed by atoms with E-state index in [1.807, 2.05) is 0 Å². The summed E-state index contributed by atoms with van der Waals surface area (Å²) in [7, 11) is 0. The zero-order valence-electron chi connectivity index (χ0n) is 10.6. The van der Waals surface area contributed by atoms with Gasteiger partial charge in [0.2, 0.25) is 0 Å². The maximum absolute atomic E-state index is 6.12. The lowest BCUT2D eigenvalue weighted by Crippen LogP contribution is -2.48. The summed E-state index contributed by atoms with van der Waals surface area (Å²) in [6.45, 7) is 4.33. The largest absolute Gasteiger partial charge is 0.325 e. The number of nitrogens with two attached hydrogens (primary N) is 1. The van der Waals surface area contributed by atoms with Crippen molar-refractivity contribution in [1.82, 2.24) is 0 Å². The minimum absolute atomic E-state index is 0.0132. The predicted octanol–water partition coefficient (Wildman–Crippen LogP) is 3.28. The van der Waals surface area contributed by atoms with Crippen LogP contribution < -0.4 is 5.73 Å². The Hall–Kier alpha value is 0.310. The van der Waals surface area contributed by atoms with Gasteiger partial charge >= 0.3 is 0 Å². The first kappa shape index (κ1) is 11.4. The zero-order chi connectivity index (χ0) is 11.3. The van der Waals surface area contributed by atoms with Crippen LogP contribution in [0.5, 0.6) is 0 Å². The van der Waals surface area contributed by atoms with Crippen LogP contribution in [-0.4, -0.2) is 16.5 Å². The molecule has 1 nitrogen and oxygen atoms in total. The van der Waals surface area contributed by atoms with Crippen molar-refractivity contribution in [2.24, 2.45) is 29.4 Å². The molecular weight excluding hydrogens is 214 g/mol. The van der Waals surface area contributed by atoms with E-state index in [2.05, 4.69) is 25.6 Å². The molecule has 0 aromatic carbocycles. The third kappa shape index (κ3) is 2.15. The average molecular weight is 239 g/mol. The molecule has 16 heavy (non-hydrogen) atoms. The van der Waals surface area contributed by atoms with Gasteiger partial charge in [-0.2, -0.15) is 11.8 Å². The normalized spacial score (nSPS) is 46.3. The molecule has 2 N–H and O–H groups in total. The average Bonchev–Trinajstić information content (AvgIpc) is 2.13. The van der Waals surface area contributed by atoms with Crippen LogP contribution >= 0.6 is 11.8 Å². The maximum atomic E-state index is 6.12. The fraction of sp³-hybridized carbons (Fsp3) is 1.00. The van der Waals surface area contributed by atoms with Crippen LogP contribution in [0.3, 0.4) is 0 Å². The molecule has 4 bridgehead atoms. The van der Waals surface area contributed by atoms with Crippen LogP contribution in [0, 0.1) is 23.7 Å². The molecule has 4 aliphatic rings. The van der Waals surface area contributed by atoms with E-state index in [9.17, 15) is 0 Å². The summed E-state index contributed by atoms with van der Waals surface area (Å²) in [6, 6.07) is 0. The Labute approximate surface area is 104 Å². The molecule has 0 atom stereocenters. The molecule has 0 aliphatic heterocycles. The van der Waals surface area contributed by atoms with Crippen LogP contribution in [0.4, 0.5) is 0 Å². The van der Waals surface area contributed by atoms with E-state index in [1.54, 1.807) is 6.42 Å². The molecule has 0 heterocycles. The molecule has 2 heteroatoms. The van der Waals surface area contributed by atoms with E-state index in [4.69, 9.17) is 5.73 Å². The number of hydrogen-bond donors (Lipinski definition) is 1. The third-order valence-electron chi connectivity index (χ3n) is 4.79. The third-order valence-corrected chi connectivity index (χ3v) is 6.85. The second kappa shape index (κ2) is 3.91. The Morgan fingerprint density at radius 1 is 1.00 bits per heavy atom. The van der Waals surface area contributed by atoms with Crippen LogP contribution in [0.25, 0.3) is 0 Å². The van der Waals surface area contributed by atoms with E-state index in [0.29, 0.717) is 0 Å². The first-order valence-electron chi connectivity index (χ1n) is 6.92. The molecule has 4 rings (SSSR count). The molecule has 0 spiro atoms. The number of hydrogen-bond acceptors (Lipinski definition) is 2. The molecule has 4 fully saturated rings. The molecule has 0 radical (unpaired) electrons. The maximum Gasteiger partial charge on any atom is 0.0188 e. The standard InChI is InChI=1S/C14H25NS/c1-14(2,15)8-16-13-11-4-9-3-10(6-11)7-12(13)5-9/h9-13H,3-8,15H2,1-2H3. The minimum atomic E-state index is 0.0132. The van der Waals surface area contributed by atoms with Crippen molar-refractivity contribution in [2.45, 2.75) is 56.7 Å². The van der Waals surface area contributed by atoms with Gasteiger partial charge in [0.05, 0.1) is 0 Å². The molecule has 0 saturated heterocycles. The molecule has 0 unspecified atom stereocenters. The van der Waals surface area contributed by atoms with Gasteiger partial charge in [0.15, 0.2) is 0 Å². The van der Waals surface area contributed by atoms with Gasteiger partial charge in [0.1, 0.15) is 0 Å². The number of rotatable bonds is 3. The summed E-state index contributed by atoms with van der Waals surface area (Å²) in [4.78, 5) is 0. The van der Waals surface area contributed by atoms with Crippen molar-refractivity contribution in [2.75, 3.05) is 5.75 Å². The Bertz CT molecular complexity index is 240. The molecule has 0 aromatic heterocycles. The second-order valence-electron chi connectivity index (χ2n) is 7.19. The molecule has 4 aliphatic carbocycles. The second-order valence-corrected chi connectivity index (χ2v) is 8.36. The highest BCUT2D eigenvalue weighted by molar-refractivity contribution is 8.00. The van der Waals surface area contributed by atoms with Gasteiger partial charge in [-0.25, -0.2) is 0 Å². The van der Waals surface area contributed by atoms with Crippen LogP contribution in [-0.2, 0) is 0 Å². The Morgan fingerprint density at radius 2 is 1.50 bits per heavy atom. The van der Waals surface area contributed by atoms with Gasteiger partial charge in [-0.05, 0) is 69.6 Å². The van der Waals surface area contributed by atoms with Gasteiger partial charge in [-0.15, -0.1) is 0 Å². The van der Waals surface area contributed by atoms with Crippen molar-refractivity contribution in [3.8, 4) is 0 Å². The summed E-state index contributed by atoms with van der Waals surface area (Å²) >= 11 is 2.19. The number of thioether (sulfide) groups is 1. The van der Waals surface area contributed by atoms with Gasteiger partial charge < -0.3 is 5.73 Å². The van der Waals surface area contributed by atoms with E-state index in [1.165, 1.54) is 25.7 Å². The van der Waals surface area contributed by atoms with Crippen LogP contribution in [0.1, 0.15) is 46.0 Å². The lowest BCUT2D eigenvalue weighted by molar-refractivity contribution is 0.0267. The highest BCUT2D eigenvalue weighted by Crippen LogP contribution is 2.57.